The fourth-order valence-corrected chi connectivity index (χ4v) is 1.50. The predicted octanol–water partition coefficient (Wildman–Crippen LogP) is -0.905. The van der Waals surface area contributed by atoms with Gasteiger partial charge in [0.05, 0.1) is 30.8 Å². The fourth-order valence-electron chi connectivity index (χ4n) is 1.50. The third-order valence-electron chi connectivity index (χ3n) is 2.11. The van der Waals surface area contributed by atoms with Gasteiger partial charge in [0.2, 0.25) is 0 Å². The van der Waals surface area contributed by atoms with Gasteiger partial charge in [-0.05, 0) is 26.2 Å². The van der Waals surface area contributed by atoms with Crippen molar-refractivity contribution >= 4 is 5.97 Å². The van der Waals surface area contributed by atoms with E-state index < -0.39 is 36.8 Å². The van der Waals surface area contributed by atoms with Crippen molar-refractivity contribution in [3.63, 3.8) is 0 Å². The lowest BCUT2D eigenvalue weighted by atomic mass is 10.0. The third-order valence-corrected chi connectivity index (χ3v) is 2.11. The van der Waals surface area contributed by atoms with Crippen molar-refractivity contribution in [3.05, 3.63) is 0 Å². The summed E-state index contributed by atoms with van der Waals surface area (Å²) in [5, 5.41) is 45.3. The number of aliphatic hydroxyl groups excluding tert-OH is 4. The van der Waals surface area contributed by atoms with Gasteiger partial charge in [0.15, 0.2) is 0 Å². The molecular formula is C10H20O6. The van der Waals surface area contributed by atoms with Gasteiger partial charge in [0.1, 0.15) is 0 Å². The van der Waals surface area contributed by atoms with Crippen LogP contribution in [-0.4, -0.2) is 55.9 Å². The number of hydrogen-bond donors (Lipinski definition) is 5. The molecule has 0 aliphatic carbocycles. The van der Waals surface area contributed by atoms with E-state index in [9.17, 15) is 20.1 Å². The average molecular weight is 236 g/mol. The van der Waals surface area contributed by atoms with Gasteiger partial charge in [-0.1, -0.05) is 0 Å². The first kappa shape index (κ1) is 15.3. The molecule has 0 saturated heterocycles. The Morgan fingerprint density at radius 1 is 0.938 bits per heavy atom. The molecule has 0 heterocycles. The van der Waals surface area contributed by atoms with Gasteiger partial charge in [-0.15, -0.1) is 0 Å². The van der Waals surface area contributed by atoms with Crippen molar-refractivity contribution < 1.29 is 30.3 Å². The summed E-state index contributed by atoms with van der Waals surface area (Å²) in [6.45, 7) is 1.52. The molecule has 0 bridgehead atoms. The van der Waals surface area contributed by atoms with Crippen molar-refractivity contribution in [2.24, 2.45) is 0 Å². The molecule has 96 valence electrons. The van der Waals surface area contributed by atoms with Crippen LogP contribution in [0.4, 0.5) is 0 Å². The Balaban J connectivity index is 3.79. The van der Waals surface area contributed by atoms with E-state index in [1.165, 1.54) is 6.92 Å². The van der Waals surface area contributed by atoms with Gasteiger partial charge in [-0.2, -0.15) is 0 Å². The molecule has 6 nitrogen and oxygen atoms in total. The summed E-state index contributed by atoms with van der Waals surface area (Å²) in [4.78, 5) is 10.2. The second-order valence-electron chi connectivity index (χ2n) is 4.12. The highest BCUT2D eigenvalue weighted by Crippen LogP contribution is 2.11. The van der Waals surface area contributed by atoms with Crippen molar-refractivity contribution in [2.45, 2.75) is 57.0 Å². The van der Waals surface area contributed by atoms with Gasteiger partial charge in [0.25, 0.3) is 0 Å². The quantitative estimate of drug-likeness (QED) is 0.372. The van der Waals surface area contributed by atoms with Crippen LogP contribution in [0.25, 0.3) is 0 Å². The van der Waals surface area contributed by atoms with E-state index >= 15 is 0 Å². The third kappa shape index (κ3) is 8.60. The molecule has 0 saturated carbocycles. The summed E-state index contributed by atoms with van der Waals surface area (Å²) in [7, 11) is 0. The molecule has 0 aliphatic rings. The number of hydrogen-bond acceptors (Lipinski definition) is 5. The molecule has 0 amide bonds. The first-order valence-corrected chi connectivity index (χ1v) is 5.25. The number of carbonyl (C=O) groups is 1. The minimum atomic E-state index is -1.13. The lowest BCUT2D eigenvalue weighted by Gasteiger charge is -2.18. The van der Waals surface area contributed by atoms with E-state index in [2.05, 4.69) is 0 Å². The maximum Gasteiger partial charge on any atom is 0.305 e. The van der Waals surface area contributed by atoms with Crippen molar-refractivity contribution in [3.8, 4) is 0 Å². The van der Waals surface area contributed by atoms with Crippen LogP contribution in [0.3, 0.4) is 0 Å². The van der Waals surface area contributed by atoms with E-state index in [0.29, 0.717) is 0 Å². The zero-order valence-electron chi connectivity index (χ0n) is 9.28. The Hall–Kier alpha value is -0.690. The van der Waals surface area contributed by atoms with E-state index in [-0.39, 0.29) is 19.3 Å². The van der Waals surface area contributed by atoms with Gasteiger partial charge < -0.3 is 25.5 Å². The SMILES string of the molecule is C[C@H](O)C[C@H](O)C[C@H](O)CC(O)CC(=O)O. The lowest BCUT2D eigenvalue weighted by Crippen LogP contribution is -2.26. The van der Waals surface area contributed by atoms with E-state index in [1.807, 2.05) is 0 Å². The summed E-state index contributed by atoms with van der Waals surface area (Å²) in [5.74, 6) is -1.13. The molecule has 0 aromatic heterocycles. The molecular weight excluding hydrogens is 216 g/mol. The van der Waals surface area contributed by atoms with Crippen LogP contribution < -0.4 is 0 Å². The summed E-state index contributed by atoms with van der Waals surface area (Å²) in [6, 6.07) is 0. The van der Waals surface area contributed by atoms with E-state index in [4.69, 9.17) is 10.2 Å². The van der Waals surface area contributed by atoms with Crippen LogP contribution >= 0.6 is 0 Å². The Morgan fingerprint density at radius 2 is 1.38 bits per heavy atom. The summed E-state index contributed by atoms with van der Waals surface area (Å²) in [5.41, 5.74) is 0. The normalized spacial score (nSPS) is 18.8. The average Bonchev–Trinajstić information content (AvgIpc) is 1.97. The first-order valence-electron chi connectivity index (χ1n) is 5.25. The molecule has 5 N–H and O–H groups in total. The zero-order chi connectivity index (χ0) is 12.7. The molecule has 0 aromatic rings. The van der Waals surface area contributed by atoms with Crippen LogP contribution in [0.2, 0.25) is 0 Å². The van der Waals surface area contributed by atoms with Gasteiger partial charge in [-0.3, -0.25) is 4.79 Å². The molecule has 0 aromatic carbocycles. The predicted molar refractivity (Wildman–Crippen MR) is 55.8 cm³/mol. The van der Waals surface area contributed by atoms with Gasteiger partial charge in [-0.25, -0.2) is 0 Å². The second kappa shape index (κ2) is 7.56. The first-order chi connectivity index (χ1) is 7.31. The van der Waals surface area contributed by atoms with Crippen LogP contribution in [0.5, 0.6) is 0 Å². The smallest absolute Gasteiger partial charge is 0.305 e. The molecule has 16 heavy (non-hydrogen) atoms. The number of aliphatic carboxylic acids is 1. The standard InChI is InChI=1S/C10H20O6/c1-6(11)2-7(12)3-8(13)4-9(14)5-10(15)16/h6-9,11-14H,2-5H2,1H3,(H,15,16)/t6-,7-,8-,9?/m0/s1. The highest BCUT2D eigenvalue weighted by Gasteiger charge is 2.18. The number of carboxylic acids is 1. The maximum absolute atomic E-state index is 10.2. The molecule has 0 aliphatic heterocycles. The summed E-state index contributed by atoms with van der Waals surface area (Å²) in [6.07, 6.45) is -3.96. The highest BCUT2D eigenvalue weighted by molar-refractivity contribution is 5.67. The van der Waals surface area contributed by atoms with Crippen molar-refractivity contribution in [2.75, 3.05) is 0 Å². The lowest BCUT2D eigenvalue weighted by molar-refractivity contribution is -0.139. The van der Waals surface area contributed by atoms with Gasteiger partial charge >= 0.3 is 5.97 Å². The Labute approximate surface area is 94.2 Å². The van der Waals surface area contributed by atoms with Gasteiger partial charge in [0, 0.05) is 0 Å². The molecule has 0 rings (SSSR count). The largest absolute Gasteiger partial charge is 0.481 e. The number of rotatable bonds is 8. The summed E-state index contributed by atoms with van der Waals surface area (Å²) < 4.78 is 0. The minimum Gasteiger partial charge on any atom is -0.481 e. The summed E-state index contributed by atoms with van der Waals surface area (Å²) >= 11 is 0. The fraction of sp³-hybridized carbons (Fsp3) is 0.900. The van der Waals surface area contributed by atoms with Crippen LogP contribution in [0, 0.1) is 0 Å². The van der Waals surface area contributed by atoms with Crippen LogP contribution in [-0.2, 0) is 4.79 Å². The second-order valence-corrected chi connectivity index (χ2v) is 4.12. The van der Waals surface area contributed by atoms with E-state index in [1.54, 1.807) is 0 Å². The van der Waals surface area contributed by atoms with Crippen molar-refractivity contribution in [1.82, 2.24) is 0 Å². The Bertz CT molecular complexity index is 205. The Kier molecular flexibility index (Phi) is 7.24. The minimum absolute atomic E-state index is 0.0155. The van der Waals surface area contributed by atoms with Crippen LogP contribution in [0.15, 0.2) is 0 Å². The highest BCUT2D eigenvalue weighted by atomic mass is 16.4. The van der Waals surface area contributed by atoms with Crippen molar-refractivity contribution in [1.29, 1.82) is 0 Å². The topological polar surface area (TPSA) is 118 Å². The zero-order valence-corrected chi connectivity index (χ0v) is 9.28. The maximum atomic E-state index is 10.2. The Morgan fingerprint density at radius 3 is 1.81 bits per heavy atom. The molecule has 1 unspecified atom stereocenters. The number of carboxylic acid groups (broad SMARTS) is 1. The monoisotopic (exact) mass is 236 g/mol. The van der Waals surface area contributed by atoms with E-state index in [0.717, 1.165) is 0 Å². The number of aliphatic hydroxyl groups is 4. The molecule has 0 fully saturated rings. The molecule has 6 heteroatoms. The molecule has 4 atom stereocenters. The van der Waals surface area contributed by atoms with Crippen LogP contribution in [0.1, 0.15) is 32.6 Å². The molecule has 0 spiro atoms. The molecule has 0 radical (unpaired) electrons.